The summed E-state index contributed by atoms with van der Waals surface area (Å²) < 4.78 is 5.44. The molecule has 21 heavy (non-hydrogen) atoms. The van der Waals surface area contributed by atoms with Gasteiger partial charge in [0, 0.05) is 30.4 Å². The molecule has 2 aliphatic rings. The van der Waals surface area contributed by atoms with Crippen LogP contribution in [0, 0.1) is 0 Å². The first-order valence-electron chi connectivity index (χ1n) is 8.21. The van der Waals surface area contributed by atoms with Gasteiger partial charge in [0.1, 0.15) is 5.60 Å². The molecular formula is C16H30N2O2S. The second-order valence-electron chi connectivity index (χ2n) is 7.23. The summed E-state index contributed by atoms with van der Waals surface area (Å²) in [5.41, 5.74) is -0.402. The van der Waals surface area contributed by atoms with E-state index in [0.717, 1.165) is 25.9 Å². The molecule has 122 valence electrons. The smallest absolute Gasteiger partial charge is 0.410 e. The average molecular weight is 314 g/mol. The van der Waals surface area contributed by atoms with E-state index in [9.17, 15) is 4.79 Å². The van der Waals surface area contributed by atoms with Crippen LogP contribution >= 0.6 is 11.8 Å². The number of carbonyl (C=O) groups is 1. The molecule has 0 saturated carbocycles. The zero-order valence-corrected chi connectivity index (χ0v) is 14.7. The summed E-state index contributed by atoms with van der Waals surface area (Å²) in [6.45, 7) is 9.70. The summed E-state index contributed by atoms with van der Waals surface area (Å²) in [5.74, 6) is 1.30. The summed E-state index contributed by atoms with van der Waals surface area (Å²) in [6.07, 6.45) is 4.52. The largest absolute Gasteiger partial charge is 0.444 e. The highest BCUT2D eigenvalue weighted by Crippen LogP contribution is 2.26. The van der Waals surface area contributed by atoms with Gasteiger partial charge in [-0.3, -0.25) is 0 Å². The SMILES string of the molecule is CC1SCCCC1NC1CCN(C(=O)OC(C)(C)C)CC1. The zero-order chi connectivity index (χ0) is 15.5. The van der Waals surface area contributed by atoms with Gasteiger partial charge in [-0.05, 0) is 52.2 Å². The zero-order valence-electron chi connectivity index (χ0n) is 13.9. The van der Waals surface area contributed by atoms with Gasteiger partial charge in [0.25, 0.3) is 0 Å². The highest BCUT2D eigenvalue weighted by atomic mass is 32.2. The molecule has 0 aromatic carbocycles. The highest BCUT2D eigenvalue weighted by molar-refractivity contribution is 7.99. The standard InChI is InChI=1S/C16H30N2O2S/c1-12-14(6-5-11-21-12)17-13-7-9-18(10-8-13)15(19)20-16(2,3)4/h12-14,17H,5-11H2,1-4H3. The lowest BCUT2D eigenvalue weighted by atomic mass is 10.0. The number of likely N-dealkylation sites (tertiary alicyclic amines) is 1. The van der Waals surface area contributed by atoms with Crippen molar-refractivity contribution in [3.05, 3.63) is 0 Å². The van der Waals surface area contributed by atoms with Crippen LogP contribution in [0.25, 0.3) is 0 Å². The van der Waals surface area contributed by atoms with Crippen molar-refractivity contribution in [2.45, 2.75) is 76.3 Å². The van der Waals surface area contributed by atoms with Crippen molar-refractivity contribution in [1.82, 2.24) is 10.2 Å². The van der Waals surface area contributed by atoms with Crippen LogP contribution in [0.4, 0.5) is 4.79 Å². The molecule has 2 aliphatic heterocycles. The Kier molecular flexibility index (Phi) is 5.83. The summed E-state index contributed by atoms with van der Waals surface area (Å²) in [5, 5.41) is 4.53. The molecule has 0 radical (unpaired) electrons. The third kappa shape index (κ3) is 5.37. The van der Waals surface area contributed by atoms with Crippen LogP contribution in [0.5, 0.6) is 0 Å². The van der Waals surface area contributed by atoms with Gasteiger partial charge < -0.3 is 15.0 Å². The van der Waals surface area contributed by atoms with Crippen molar-refractivity contribution in [2.24, 2.45) is 0 Å². The van der Waals surface area contributed by atoms with Gasteiger partial charge in [0.05, 0.1) is 0 Å². The van der Waals surface area contributed by atoms with Crippen molar-refractivity contribution in [3.63, 3.8) is 0 Å². The Morgan fingerprint density at radius 2 is 1.90 bits per heavy atom. The molecule has 1 N–H and O–H groups in total. The van der Waals surface area contributed by atoms with Gasteiger partial charge in [0.2, 0.25) is 0 Å². The van der Waals surface area contributed by atoms with Crippen LogP contribution < -0.4 is 5.32 Å². The molecule has 0 spiro atoms. The first-order chi connectivity index (χ1) is 9.85. The number of nitrogens with one attached hydrogen (secondary N) is 1. The van der Waals surface area contributed by atoms with Crippen molar-refractivity contribution >= 4 is 17.9 Å². The summed E-state index contributed by atoms with van der Waals surface area (Å²) in [7, 11) is 0. The molecule has 2 saturated heterocycles. The fourth-order valence-corrected chi connectivity index (χ4v) is 4.15. The van der Waals surface area contributed by atoms with Gasteiger partial charge in [-0.25, -0.2) is 4.79 Å². The molecular weight excluding hydrogens is 284 g/mol. The summed E-state index contributed by atoms with van der Waals surface area (Å²) in [6, 6.07) is 1.19. The quantitative estimate of drug-likeness (QED) is 0.849. The van der Waals surface area contributed by atoms with Gasteiger partial charge >= 0.3 is 6.09 Å². The first kappa shape index (κ1) is 16.9. The van der Waals surface area contributed by atoms with Crippen molar-refractivity contribution in [3.8, 4) is 0 Å². The Hall–Kier alpha value is -0.420. The van der Waals surface area contributed by atoms with E-state index < -0.39 is 5.60 Å². The van der Waals surface area contributed by atoms with Crippen LogP contribution in [-0.4, -0.2) is 52.8 Å². The molecule has 2 fully saturated rings. The number of carbonyl (C=O) groups excluding carboxylic acids is 1. The van der Waals surface area contributed by atoms with E-state index in [1.54, 1.807) is 0 Å². The molecule has 1 amide bonds. The Bertz CT molecular complexity index is 349. The fourth-order valence-electron chi connectivity index (χ4n) is 3.00. The van der Waals surface area contributed by atoms with E-state index in [0.29, 0.717) is 17.3 Å². The molecule has 2 rings (SSSR count). The van der Waals surface area contributed by atoms with Gasteiger partial charge in [-0.15, -0.1) is 0 Å². The Morgan fingerprint density at radius 3 is 2.48 bits per heavy atom. The number of piperidine rings is 1. The molecule has 0 aromatic heterocycles. The minimum Gasteiger partial charge on any atom is -0.444 e. The van der Waals surface area contributed by atoms with E-state index in [-0.39, 0.29) is 6.09 Å². The first-order valence-corrected chi connectivity index (χ1v) is 9.25. The second-order valence-corrected chi connectivity index (χ2v) is 8.72. The highest BCUT2D eigenvalue weighted by Gasteiger charge is 2.29. The monoisotopic (exact) mass is 314 g/mol. The molecule has 2 atom stereocenters. The maximum absolute atomic E-state index is 12.0. The normalized spacial score (nSPS) is 28.5. The van der Waals surface area contributed by atoms with Crippen LogP contribution in [0.1, 0.15) is 53.4 Å². The minimum absolute atomic E-state index is 0.164. The van der Waals surface area contributed by atoms with Gasteiger partial charge in [0.15, 0.2) is 0 Å². The molecule has 0 bridgehead atoms. The van der Waals surface area contributed by atoms with E-state index in [4.69, 9.17) is 4.74 Å². The maximum atomic E-state index is 12.0. The predicted octanol–water partition coefficient (Wildman–Crippen LogP) is 3.26. The Labute approximate surface area is 133 Å². The summed E-state index contributed by atoms with van der Waals surface area (Å²) in [4.78, 5) is 13.9. The molecule has 4 nitrogen and oxygen atoms in total. The lowest BCUT2D eigenvalue weighted by Crippen LogP contribution is -2.51. The topological polar surface area (TPSA) is 41.6 Å². The predicted molar refractivity (Wildman–Crippen MR) is 88.9 cm³/mol. The van der Waals surface area contributed by atoms with Crippen LogP contribution in [0.2, 0.25) is 0 Å². The molecule has 0 aliphatic carbocycles. The number of thioether (sulfide) groups is 1. The number of hydrogen-bond acceptors (Lipinski definition) is 4. The summed E-state index contributed by atoms with van der Waals surface area (Å²) >= 11 is 2.08. The minimum atomic E-state index is -0.402. The van der Waals surface area contributed by atoms with Crippen molar-refractivity contribution in [1.29, 1.82) is 0 Å². The Balaban J connectivity index is 1.74. The average Bonchev–Trinajstić information content (AvgIpc) is 2.40. The third-order valence-electron chi connectivity index (χ3n) is 4.20. The Morgan fingerprint density at radius 1 is 1.24 bits per heavy atom. The second kappa shape index (κ2) is 7.23. The lowest BCUT2D eigenvalue weighted by molar-refractivity contribution is 0.0195. The van der Waals surface area contributed by atoms with Crippen molar-refractivity contribution < 1.29 is 9.53 Å². The maximum Gasteiger partial charge on any atom is 0.410 e. The number of hydrogen-bond donors (Lipinski definition) is 1. The van der Waals surface area contributed by atoms with E-state index in [1.165, 1.54) is 18.6 Å². The third-order valence-corrected chi connectivity index (χ3v) is 5.58. The van der Waals surface area contributed by atoms with Crippen molar-refractivity contribution in [2.75, 3.05) is 18.8 Å². The number of nitrogens with zero attached hydrogens (tertiary/aromatic N) is 1. The van der Waals surface area contributed by atoms with Gasteiger partial charge in [-0.2, -0.15) is 11.8 Å². The number of rotatable bonds is 2. The number of amides is 1. The lowest BCUT2D eigenvalue weighted by Gasteiger charge is -2.37. The molecule has 2 unspecified atom stereocenters. The molecule has 5 heteroatoms. The number of ether oxygens (including phenoxy) is 1. The van der Waals surface area contributed by atoms with E-state index >= 15 is 0 Å². The molecule has 0 aromatic rings. The van der Waals surface area contributed by atoms with Crippen LogP contribution in [-0.2, 0) is 4.74 Å². The van der Waals surface area contributed by atoms with Crippen LogP contribution in [0.15, 0.2) is 0 Å². The molecule has 2 heterocycles. The fraction of sp³-hybridized carbons (Fsp3) is 0.938. The van der Waals surface area contributed by atoms with Gasteiger partial charge in [-0.1, -0.05) is 6.92 Å². The van der Waals surface area contributed by atoms with E-state index in [2.05, 4.69) is 24.0 Å². The van der Waals surface area contributed by atoms with Crippen LogP contribution in [0.3, 0.4) is 0 Å². The van der Waals surface area contributed by atoms with E-state index in [1.807, 2.05) is 25.7 Å².